The lowest BCUT2D eigenvalue weighted by Crippen LogP contribution is -2.26. The molecule has 1 unspecified atom stereocenters. The molecule has 0 aromatic rings. The summed E-state index contributed by atoms with van der Waals surface area (Å²) in [6, 6.07) is 0. The SMILES string of the molecule is NC1=CC=C2CCC3=C4C(=CC=C1C24)CC=C3. The van der Waals surface area contributed by atoms with Gasteiger partial charge in [0.15, 0.2) is 0 Å². The highest BCUT2D eigenvalue weighted by molar-refractivity contribution is 5.63. The first-order valence-corrected chi connectivity index (χ1v) is 6.32. The van der Waals surface area contributed by atoms with Gasteiger partial charge in [-0.2, -0.15) is 0 Å². The minimum absolute atomic E-state index is 0.466. The summed E-state index contributed by atoms with van der Waals surface area (Å²) in [5.41, 5.74) is 14.5. The van der Waals surface area contributed by atoms with Crippen LogP contribution in [0, 0.1) is 5.92 Å². The molecule has 4 aliphatic rings. The minimum atomic E-state index is 0.466. The number of hydrogen-bond acceptors (Lipinski definition) is 1. The van der Waals surface area contributed by atoms with Gasteiger partial charge in [-0.25, -0.2) is 0 Å². The van der Waals surface area contributed by atoms with Crippen LogP contribution in [0.25, 0.3) is 0 Å². The molecule has 0 heterocycles. The van der Waals surface area contributed by atoms with E-state index in [1.807, 2.05) is 0 Å². The molecule has 4 aliphatic carbocycles. The predicted molar refractivity (Wildman–Crippen MR) is 70.0 cm³/mol. The van der Waals surface area contributed by atoms with E-state index in [0.717, 1.165) is 12.1 Å². The third-order valence-corrected chi connectivity index (χ3v) is 4.28. The van der Waals surface area contributed by atoms with Crippen molar-refractivity contribution >= 4 is 0 Å². The second kappa shape index (κ2) is 3.13. The summed E-state index contributed by atoms with van der Waals surface area (Å²) in [5, 5.41) is 0. The zero-order chi connectivity index (χ0) is 11.4. The average Bonchev–Trinajstić information content (AvgIpc) is 2.38. The molecule has 84 valence electrons. The Labute approximate surface area is 101 Å². The molecule has 0 aliphatic heterocycles. The molecule has 0 spiro atoms. The largest absolute Gasteiger partial charge is 0.398 e. The minimum Gasteiger partial charge on any atom is -0.398 e. The van der Waals surface area contributed by atoms with Crippen molar-refractivity contribution in [3.8, 4) is 0 Å². The van der Waals surface area contributed by atoms with Crippen molar-refractivity contribution < 1.29 is 0 Å². The van der Waals surface area contributed by atoms with Crippen LogP contribution in [0.5, 0.6) is 0 Å². The van der Waals surface area contributed by atoms with E-state index < -0.39 is 0 Å². The summed E-state index contributed by atoms with van der Waals surface area (Å²) >= 11 is 0. The molecule has 0 saturated carbocycles. The molecule has 0 aromatic heterocycles. The molecule has 0 saturated heterocycles. The topological polar surface area (TPSA) is 26.0 Å². The molecule has 0 radical (unpaired) electrons. The molecule has 0 aromatic carbocycles. The van der Waals surface area contributed by atoms with Crippen molar-refractivity contribution in [2.45, 2.75) is 19.3 Å². The summed E-state index contributed by atoms with van der Waals surface area (Å²) in [4.78, 5) is 0. The lowest BCUT2D eigenvalue weighted by molar-refractivity contribution is 0.691. The Bertz CT molecular complexity index is 591. The Morgan fingerprint density at radius 2 is 2.00 bits per heavy atom. The summed E-state index contributed by atoms with van der Waals surface area (Å²) < 4.78 is 0. The first-order chi connectivity index (χ1) is 8.34. The highest BCUT2D eigenvalue weighted by Crippen LogP contribution is 2.49. The molecule has 1 atom stereocenters. The first-order valence-electron chi connectivity index (χ1n) is 6.32. The number of nitrogens with two attached hydrogens (primary N) is 1. The van der Waals surface area contributed by atoms with Crippen LogP contribution in [-0.2, 0) is 0 Å². The smallest absolute Gasteiger partial charge is 0.0356 e. The van der Waals surface area contributed by atoms with Gasteiger partial charge in [0.2, 0.25) is 0 Å². The monoisotopic (exact) mass is 221 g/mol. The zero-order valence-electron chi connectivity index (χ0n) is 9.74. The van der Waals surface area contributed by atoms with Crippen LogP contribution in [0.2, 0.25) is 0 Å². The molecule has 1 nitrogen and oxygen atoms in total. The lowest BCUT2D eigenvalue weighted by atomic mass is 9.66. The van der Waals surface area contributed by atoms with Crippen LogP contribution < -0.4 is 5.73 Å². The Morgan fingerprint density at radius 1 is 1.06 bits per heavy atom. The van der Waals surface area contributed by atoms with Gasteiger partial charge in [0.05, 0.1) is 0 Å². The first kappa shape index (κ1) is 9.29. The van der Waals surface area contributed by atoms with E-state index >= 15 is 0 Å². The van der Waals surface area contributed by atoms with Gasteiger partial charge in [-0.3, -0.25) is 0 Å². The quantitative estimate of drug-likeness (QED) is 0.667. The molecular formula is C16H15N. The van der Waals surface area contributed by atoms with Crippen LogP contribution in [0.15, 0.2) is 70.0 Å². The van der Waals surface area contributed by atoms with Gasteiger partial charge < -0.3 is 5.73 Å². The van der Waals surface area contributed by atoms with Gasteiger partial charge in [-0.1, -0.05) is 36.0 Å². The van der Waals surface area contributed by atoms with Gasteiger partial charge in [-0.05, 0) is 47.6 Å². The van der Waals surface area contributed by atoms with Gasteiger partial charge in [0.1, 0.15) is 0 Å². The van der Waals surface area contributed by atoms with Crippen molar-refractivity contribution in [1.82, 2.24) is 0 Å². The normalized spacial score (nSPS) is 29.1. The van der Waals surface area contributed by atoms with E-state index in [0.29, 0.717) is 5.92 Å². The maximum absolute atomic E-state index is 6.12. The van der Waals surface area contributed by atoms with E-state index in [-0.39, 0.29) is 0 Å². The van der Waals surface area contributed by atoms with Gasteiger partial charge in [0.25, 0.3) is 0 Å². The number of allylic oxidation sites excluding steroid dienone is 11. The van der Waals surface area contributed by atoms with Crippen molar-refractivity contribution in [1.29, 1.82) is 0 Å². The zero-order valence-corrected chi connectivity index (χ0v) is 9.74. The van der Waals surface area contributed by atoms with Crippen molar-refractivity contribution in [2.75, 3.05) is 0 Å². The molecule has 0 fully saturated rings. The highest BCUT2D eigenvalue weighted by atomic mass is 14.6. The van der Waals surface area contributed by atoms with Crippen molar-refractivity contribution in [3.05, 3.63) is 70.0 Å². The Balaban J connectivity index is 2.01. The van der Waals surface area contributed by atoms with E-state index in [2.05, 4.69) is 36.5 Å². The van der Waals surface area contributed by atoms with Crippen LogP contribution >= 0.6 is 0 Å². The Hall–Kier alpha value is -1.76. The summed E-state index contributed by atoms with van der Waals surface area (Å²) in [5.74, 6) is 0.466. The Morgan fingerprint density at radius 3 is 2.94 bits per heavy atom. The summed E-state index contributed by atoms with van der Waals surface area (Å²) in [7, 11) is 0. The second-order valence-corrected chi connectivity index (χ2v) is 5.16. The highest BCUT2D eigenvalue weighted by Gasteiger charge is 2.35. The molecule has 17 heavy (non-hydrogen) atoms. The van der Waals surface area contributed by atoms with Crippen molar-refractivity contribution in [2.24, 2.45) is 11.7 Å². The fourth-order valence-corrected chi connectivity index (χ4v) is 3.47. The van der Waals surface area contributed by atoms with E-state index in [4.69, 9.17) is 5.73 Å². The molecular weight excluding hydrogens is 206 g/mol. The molecule has 4 rings (SSSR count). The predicted octanol–water partition coefficient (Wildman–Crippen LogP) is 3.30. The fraction of sp³-hybridized carbons (Fsp3) is 0.250. The lowest BCUT2D eigenvalue weighted by Gasteiger charge is -2.38. The summed E-state index contributed by atoms with van der Waals surface area (Å²) in [6.45, 7) is 0. The summed E-state index contributed by atoms with van der Waals surface area (Å²) in [6.07, 6.45) is 16.9. The van der Waals surface area contributed by atoms with E-state index in [9.17, 15) is 0 Å². The third-order valence-electron chi connectivity index (χ3n) is 4.28. The van der Waals surface area contributed by atoms with Crippen LogP contribution in [0.1, 0.15) is 19.3 Å². The molecule has 2 N–H and O–H groups in total. The average molecular weight is 221 g/mol. The molecule has 1 heteroatoms. The molecule has 0 amide bonds. The van der Waals surface area contributed by atoms with Crippen LogP contribution in [-0.4, -0.2) is 0 Å². The maximum Gasteiger partial charge on any atom is 0.0356 e. The van der Waals surface area contributed by atoms with Crippen LogP contribution in [0.3, 0.4) is 0 Å². The van der Waals surface area contributed by atoms with Crippen LogP contribution in [0.4, 0.5) is 0 Å². The number of hydrogen-bond donors (Lipinski definition) is 1. The fourth-order valence-electron chi connectivity index (χ4n) is 3.47. The van der Waals surface area contributed by atoms with E-state index in [1.165, 1.54) is 29.6 Å². The van der Waals surface area contributed by atoms with Crippen molar-refractivity contribution in [3.63, 3.8) is 0 Å². The number of rotatable bonds is 0. The van der Waals surface area contributed by atoms with Gasteiger partial charge in [-0.15, -0.1) is 0 Å². The van der Waals surface area contributed by atoms with Gasteiger partial charge in [0, 0.05) is 11.6 Å². The molecule has 0 bridgehead atoms. The standard InChI is InChI=1S/C16H15N/c17-14-9-7-12-5-4-10-2-1-3-11-6-8-13(14)16(12)15(10)11/h1-2,6-9,16H,3-5,17H2. The second-order valence-electron chi connectivity index (χ2n) is 5.16. The maximum atomic E-state index is 6.12. The Kier molecular flexibility index (Phi) is 1.71. The van der Waals surface area contributed by atoms with E-state index in [1.54, 1.807) is 11.1 Å². The van der Waals surface area contributed by atoms with Gasteiger partial charge >= 0.3 is 0 Å². The third kappa shape index (κ3) is 1.14.